The number of aliphatic imine (C=N–C) groups is 1. The Kier molecular flexibility index (Phi) is 7.81. The number of benzene rings is 3. The molecule has 0 aliphatic rings. The standard InChI is InChI=1S/C27H33N3/c1-21(2)30(22(3)4)20-19-23-15-17-24(18-16-23)27(28-25-11-7-5-8-12-25)29-26-13-9-6-10-14-26/h5-18,21-22H,19-20H2,1-4H3,(H,28,29). The number of hydrogen-bond donors (Lipinski definition) is 1. The van der Waals surface area contributed by atoms with Crippen LogP contribution in [-0.4, -0.2) is 29.4 Å². The lowest BCUT2D eigenvalue weighted by molar-refractivity contribution is 0.177. The highest BCUT2D eigenvalue weighted by Gasteiger charge is 2.13. The molecule has 0 heterocycles. The number of nitrogens with one attached hydrogen (secondary N) is 1. The number of nitrogens with zero attached hydrogens (tertiary/aromatic N) is 2. The van der Waals surface area contributed by atoms with Crippen molar-refractivity contribution in [3.8, 4) is 0 Å². The molecule has 0 amide bonds. The first-order valence-corrected chi connectivity index (χ1v) is 10.8. The normalized spacial score (nSPS) is 12.0. The molecule has 3 aromatic carbocycles. The predicted octanol–water partition coefficient (Wildman–Crippen LogP) is 6.54. The van der Waals surface area contributed by atoms with Crippen molar-refractivity contribution < 1.29 is 0 Å². The molecule has 0 aliphatic carbocycles. The molecule has 3 nitrogen and oxygen atoms in total. The fraction of sp³-hybridized carbons (Fsp3) is 0.296. The van der Waals surface area contributed by atoms with Crippen molar-refractivity contribution in [1.82, 2.24) is 4.90 Å². The third-order valence-corrected chi connectivity index (χ3v) is 5.25. The van der Waals surface area contributed by atoms with Crippen molar-refractivity contribution >= 4 is 17.2 Å². The highest BCUT2D eigenvalue weighted by molar-refractivity contribution is 6.09. The lowest BCUT2D eigenvalue weighted by atomic mass is 10.1. The second kappa shape index (κ2) is 10.7. The summed E-state index contributed by atoms with van der Waals surface area (Å²) in [6.45, 7) is 10.1. The van der Waals surface area contributed by atoms with Gasteiger partial charge in [-0.25, -0.2) is 4.99 Å². The minimum absolute atomic E-state index is 0.559. The maximum atomic E-state index is 4.87. The van der Waals surface area contributed by atoms with Crippen LogP contribution in [0.25, 0.3) is 0 Å². The number of rotatable bonds is 8. The molecule has 0 saturated carbocycles. The largest absolute Gasteiger partial charge is 0.340 e. The molecule has 3 heteroatoms. The maximum absolute atomic E-state index is 4.87. The third-order valence-electron chi connectivity index (χ3n) is 5.25. The van der Waals surface area contributed by atoms with Crippen molar-refractivity contribution in [3.63, 3.8) is 0 Å². The fourth-order valence-electron chi connectivity index (χ4n) is 3.65. The van der Waals surface area contributed by atoms with Crippen LogP contribution >= 0.6 is 0 Å². The van der Waals surface area contributed by atoms with Gasteiger partial charge in [0.25, 0.3) is 0 Å². The molecule has 0 spiro atoms. The van der Waals surface area contributed by atoms with Gasteiger partial charge in [-0.05, 0) is 63.9 Å². The summed E-state index contributed by atoms with van der Waals surface area (Å²) in [5.74, 6) is 0.852. The van der Waals surface area contributed by atoms with Crippen LogP contribution in [-0.2, 0) is 6.42 Å². The van der Waals surface area contributed by atoms with E-state index in [9.17, 15) is 0 Å². The van der Waals surface area contributed by atoms with E-state index in [0.717, 1.165) is 35.7 Å². The number of anilines is 1. The van der Waals surface area contributed by atoms with E-state index in [1.54, 1.807) is 0 Å². The van der Waals surface area contributed by atoms with Crippen LogP contribution in [0.15, 0.2) is 89.9 Å². The van der Waals surface area contributed by atoms with E-state index in [2.05, 4.69) is 74.3 Å². The van der Waals surface area contributed by atoms with Gasteiger partial charge in [0, 0.05) is 29.9 Å². The van der Waals surface area contributed by atoms with Crippen LogP contribution in [0.2, 0.25) is 0 Å². The van der Waals surface area contributed by atoms with E-state index in [-0.39, 0.29) is 0 Å². The van der Waals surface area contributed by atoms with E-state index in [4.69, 9.17) is 4.99 Å². The fourth-order valence-corrected chi connectivity index (χ4v) is 3.65. The Morgan fingerprint density at radius 2 is 1.33 bits per heavy atom. The summed E-state index contributed by atoms with van der Waals surface area (Å²) in [5, 5.41) is 3.49. The Morgan fingerprint density at radius 3 is 1.90 bits per heavy atom. The first-order chi connectivity index (χ1) is 14.5. The van der Waals surface area contributed by atoms with Gasteiger partial charge in [-0.2, -0.15) is 0 Å². The first kappa shape index (κ1) is 21.8. The second-order valence-corrected chi connectivity index (χ2v) is 8.16. The molecule has 0 bridgehead atoms. The minimum Gasteiger partial charge on any atom is -0.340 e. The zero-order valence-corrected chi connectivity index (χ0v) is 18.5. The maximum Gasteiger partial charge on any atom is 0.138 e. The van der Waals surface area contributed by atoms with Crippen LogP contribution in [0.5, 0.6) is 0 Å². The van der Waals surface area contributed by atoms with Gasteiger partial charge >= 0.3 is 0 Å². The Balaban J connectivity index is 1.79. The second-order valence-electron chi connectivity index (χ2n) is 8.16. The van der Waals surface area contributed by atoms with Crippen molar-refractivity contribution in [1.29, 1.82) is 0 Å². The molecule has 0 unspecified atom stereocenters. The van der Waals surface area contributed by atoms with Crippen LogP contribution in [0, 0.1) is 0 Å². The monoisotopic (exact) mass is 399 g/mol. The summed E-state index contributed by atoms with van der Waals surface area (Å²) in [5.41, 5.74) is 4.39. The number of para-hydroxylation sites is 2. The van der Waals surface area contributed by atoms with Crippen LogP contribution in [0.4, 0.5) is 11.4 Å². The summed E-state index contributed by atoms with van der Waals surface area (Å²) in [6.07, 6.45) is 1.05. The summed E-state index contributed by atoms with van der Waals surface area (Å²) in [7, 11) is 0. The summed E-state index contributed by atoms with van der Waals surface area (Å²) in [4.78, 5) is 7.41. The van der Waals surface area contributed by atoms with Gasteiger partial charge in [-0.3, -0.25) is 4.90 Å². The number of hydrogen-bond acceptors (Lipinski definition) is 2. The van der Waals surface area contributed by atoms with Crippen molar-refractivity contribution in [2.45, 2.75) is 46.2 Å². The van der Waals surface area contributed by atoms with Crippen molar-refractivity contribution in [2.24, 2.45) is 4.99 Å². The smallest absolute Gasteiger partial charge is 0.138 e. The Bertz CT molecular complexity index is 905. The highest BCUT2D eigenvalue weighted by Crippen LogP contribution is 2.17. The molecular weight excluding hydrogens is 366 g/mol. The Labute approximate surface area is 181 Å². The van der Waals surface area contributed by atoms with Crippen LogP contribution < -0.4 is 5.32 Å². The minimum atomic E-state index is 0.559. The molecule has 0 radical (unpaired) electrons. The molecule has 1 N–H and O–H groups in total. The van der Waals surface area contributed by atoms with Gasteiger partial charge in [0.15, 0.2) is 0 Å². The quantitative estimate of drug-likeness (QED) is 0.344. The first-order valence-electron chi connectivity index (χ1n) is 10.8. The van der Waals surface area contributed by atoms with Gasteiger partial charge < -0.3 is 5.32 Å². The van der Waals surface area contributed by atoms with Crippen molar-refractivity contribution in [2.75, 3.05) is 11.9 Å². The van der Waals surface area contributed by atoms with Gasteiger partial charge in [0.1, 0.15) is 5.84 Å². The Morgan fingerprint density at radius 1 is 0.767 bits per heavy atom. The molecule has 0 saturated heterocycles. The van der Waals surface area contributed by atoms with Gasteiger partial charge in [0.05, 0.1) is 5.69 Å². The number of amidine groups is 1. The van der Waals surface area contributed by atoms with E-state index < -0.39 is 0 Å². The molecule has 0 aliphatic heterocycles. The highest BCUT2D eigenvalue weighted by atomic mass is 15.2. The van der Waals surface area contributed by atoms with Crippen molar-refractivity contribution in [3.05, 3.63) is 96.1 Å². The summed E-state index contributed by atoms with van der Waals surface area (Å²) in [6, 6.07) is 30.2. The third kappa shape index (κ3) is 6.30. The zero-order valence-electron chi connectivity index (χ0n) is 18.5. The summed E-state index contributed by atoms with van der Waals surface area (Å²) >= 11 is 0. The molecule has 0 atom stereocenters. The molecule has 3 rings (SSSR count). The molecule has 0 aromatic heterocycles. The van der Waals surface area contributed by atoms with Crippen LogP contribution in [0.3, 0.4) is 0 Å². The van der Waals surface area contributed by atoms with E-state index >= 15 is 0 Å². The van der Waals surface area contributed by atoms with Gasteiger partial charge in [-0.15, -0.1) is 0 Å². The van der Waals surface area contributed by atoms with Gasteiger partial charge in [-0.1, -0.05) is 60.7 Å². The molecule has 156 valence electrons. The van der Waals surface area contributed by atoms with Crippen LogP contribution in [0.1, 0.15) is 38.8 Å². The topological polar surface area (TPSA) is 27.6 Å². The molecule has 30 heavy (non-hydrogen) atoms. The van der Waals surface area contributed by atoms with Gasteiger partial charge in [0.2, 0.25) is 0 Å². The lowest BCUT2D eigenvalue weighted by Crippen LogP contribution is -2.38. The molecule has 0 fully saturated rings. The zero-order chi connectivity index (χ0) is 21.3. The SMILES string of the molecule is CC(C)N(CCc1ccc(C(=Nc2ccccc2)Nc2ccccc2)cc1)C(C)C. The average Bonchev–Trinajstić information content (AvgIpc) is 2.75. The molecular formula is C27H33N3. The van der Waals surface area contributed by atoms with E-state index in [1.807, 2.05) is 48.5 Å². The molecule has 3 aromatic rings. The van der Waals surface area contributed by atoms with E-state index in [0.29, 0.717) is 12.1 Å². The summed E-state index contributed by atoms with van der Waals surface area (Å²) < 4.78 is 0. The van der Waals surface area contributed by atoms with E-state index in [1.165, 1.54) is 5.56 Å². The average molecular weight is 400 g/mol. The predicted molar refractivity (Wildman–Crippen MR) is 130 cm³/mol. The Hall–Kier alpha value is -2.91. The lowest BCUT2D eigenvalue weighted by Gasteiger charge is -2.30.